The Morgan fingerprint density at radius 2 is 1.39 bits per heavy atom. The van der Waals surface area contributed by atoms with E-state index in [0.29, 0.717) is 15.6 Å². The van der Waals surface area contributed by atoms with Crippen LogP contribution >= 0.6 is 11.3 Å². The van der Waals surface area contributed by atoms with Crippen LogP contribution in [0, 0.1) is 6.92 Å². The maximum atomic E-state index is 13.1. The van der Waals surface area contributed by atoms with Crippen molar-refractivity contribution >= 4 is 27.0 Å². The minimum Gasteiger partial charge on any atom is -0.278 e. The lowest BCUT2D eigenvalue weighted by Crippen LogP contribution is -2.14. The smallest absolute Gasteiger partial charge is 0.278 e. The van der Waals surface area contributed by atoms with E-state index in [9.17, 15) is 8.42 Å². The molecule has 0 unspecified atom stereocenters. The molecule has 0 saturated heterocycles. The number of nitrogens with zero attached hydrogens (tertiary/aromatic N) is 1. The van der Waals surface area contributed by atoms with E-state index in [4.69, 9.17) is 0 Å². The number of nitrogens with one attached hydrogen (secondary N) is 1. The Morgan fingerprint density at radius 1 is 0.786 bits per heavy atom. The fraction of sp³-hybridized carbons (Fsp3) is 0.0455. The molecule has 3 aromatic carbocycles. The Morgan fingerprint density at radius 3 is 2.04 bits per heavy atom. The van der Waals surface area contributed by atoms with E-state index in [2.05, 4.69) is 9.71 Å². The van der Waals surface area contributed by atoms with Gasteiger partial charge in [-0.15, -0.1) is 11.3 Å². The predicted octanol–water partition coefficient (Wildman–Crippen LogP) is 5.59. The number of sulfonamides is 1. The van der Waals surface area contributed by atoms with Crippen molar-refractivity contribution in [2.45, 2.75) is 11.9 Å². The largest absolute Gasteiger partial charge is 0.280 e. The van der Waals surface area contributed by atoms with Gasteiger partial charge < -0.3 is 0 Å². The van der Waals surface area contributed by atoms with Crippen molar-refractivity contribution < 1.29 is 8.42 Å². The predicted molar refractivity (Wildman–Crippen MR) is 115 cm³/mol. The SMILES string of the molecule is Cc1ccc(-c2nc(S(=O)(=O)Nc3ccccc3)c(-c3ccccc3)s2)cc1. The van der Waals surface area contributed by atoms with Crippen molar-refractivity contribution in [3.63, 3.8) is 0 Å². The summed E-state index contributed by atoms with van der Waals surface area (Å²) in [5.74, 6) is 0. The summed E-state index contributed by atoms with van der Waals surface area (Å²) in [4.78, 5) is 5.15. The summed E-state index contributed by atoms with van der Waals surface area (Å²) in [5.41, 5.74) is 3.37. The molecule has 28 heavy (non-hydrogen) atoms. The summed E-state index contributed by atoms with van der Waals surface area (Å²) in [7, 11) is -3.84. The molecule has 0 radical (unpaired) electrons. The van der Waals surface area contributed by atoms with Crippen molar-refractivity contribution in [3.8, 4) is 21.0 Å². The number of benzene rings is 3. The highest BCUT2D eigenvalue weighted by molar-refractivity contribution is 7.93. The van der Waals surface area contributed by atoms with E-state index in [1.165, 1.54) is 11.3 Å². The van der Waals surface area contributed by atoms with Crippen molar-refractivity contribution in [2.75, 3.05) is 4.72 Å². The van der Waals surface area contributed by atoms with Gasteiger partial charge in [-0.1, -0.05) is 78.4 Å². The maximum Gasteiger partial charge on any atom is 0.280 e. The van der Waals surface area contributed by atoms with Gasteiger partial charge in [-0.3, -0.25) is 4.72 Å². The molecule has 4 nitrogen and oxygen atoms in total. The second-order valence-corrected chi connectivity index (χ2v) is 8.95. The van der Waals surface area contributed by atoms with Crippen LogP contribution in [-0.2, 0) is 10.0 Å². The van der Waals surface area contributed by atoms with Gasteiger partial charge in [-0.2, -0.15) is 8.42 Å². The minimum absolute atomic E-state index is 0.0446. The zero-order valence-corrected chi connectivity index (χ0v) is 16.8. The molecule has 0 atom stereocenters. The molecule has 1 N–H and O–H groups in total. The molecule has 0 bridgehead atoms. The van der Waals surface area contributed by atoms with Crippen LogP contribution in [0.5, 0.6) is 0 Å². The van der Waals surface area contributed by atoms with E-state index >= 15 is 0 Å². The molecule has 0 spiro atoms. The van der Waals surface area contributed by atoms with Gasteiger partial charge in [-0.25, -0.2) is 4.98 Å². The number of rotatable bonds is 5. The molecular weight excluding hydrogens is 388 g/mol. The van der Waals surface area contributed by atoms with Crippen molar-refractivity contribution in [1.82, 2.24) is 4.98 Å². The first-order chi connectivity index (χ1) is 13.5. The highest BCUT2D eigenvalue weighted by atomic mass is 32.2. The fourth-order valence-electron chi connectivity index (χ4n) is 2.79. The van der Waals surface area contributed by atoms with Gasteiger partial charge in [0.25, 0.3) is 10.0 Å². The Balaban J connectivity index is 1.84. The van der Waals surface area contributed by atoms with Gasteiger partial charge >= 0.3 is 0 Å². The standard InChI is InChI=1S/C22H18N2O2S2/c1-16-12-14-18(15-13-16)21-23-22(20(27-21)17-8-4-2-5-9-17)28(25,26)24-19-10-6-3-7-11-19/h2-15,24H,1H3. The maximum absolute atomic E-state index is 13.1. The van der Waals surface area contributed by atoms with Gasteiger partial charge in [0.15, 0.2) is 5.03 Å². The molecule has 0 aliphatic carbocycles. The normalized spacial score (nSPS) is 11.3. The summed E-state index contributed by atoms with van der Waals surface area (Å²) < 4.78 is 28.9. The summed E-state index contributed by atoms with van der Waals surface area (Å²) in [6.07, 6.45) is 0. The molecule has 1 aromatic heterocycles. The number of aryl methyl sites for hydroxylation is 1. The second-order valence-electron chi connectivity index (χ2n) is 6.36. The van der Waals surface area contributed by atoms with Gasteiger partial charge in [0.05, 0.1) is 4.88 Å². The van der Waals surface area contributed by atoms with Crippen molar-refractivity contribution in [3.05, 3.63) is 90.5 Å². The minimum atomic E-state index is -3.84. The molecule has 4 rings (SSSR count). The molecule has 0 amide bonds. The lowest BCUT2D eigenvalue weighted by molar-refractivity contribution is 0.598. The lowest BCUT2D eigenvalue weighted by atomic mass is 10.2. The van der Waals surface area contributed by atoms with Crippen LogP contribution in [0.2, 0.25) is 0 Å². The molecule has 0 aliphatic rings. The summed E-state index contributed by atoms with van der Waals surface area (Å²) >= 11 is 1.38. The number of anilines is 1. The Labute approximate surface area is 168 Å². The quantitative estimate of drug-likeness (QED) is 0.470. The number of para-hydroxylation sites is 1. The fourth-order valence-corrected chi connectivity index (χ4v) is 5.39. The Kier molecular flexibility index (Phi) is 4.98. The molecule has 0 aliphatic heterocycles. The summed E-state index contributed by atoms with van der Waals surface area (Å²) in [6.45, 7) is 2.01. The molecule has 140 valence electrons. The number of thiazole rings is 1. The zero-order chi connectivity index (χ0) is 19.6. The zero-order valence-electron chi connectivity index (χ0n) is 15.2. The van der Waals surface area contributed by atoms with E-state index in [0.717, 1.165) is 16.7 Å². The Bertz CT molecular complexity index is 1180. The van der Waals surface area contributed by atoms with Crippen LogP contribution in [-0.4, -0.2) is 13.4 Å². The third-order valence-corrected chi connectivity index (χ3v) is 6.80. The third-order valence-electron chi connectivity index (χ3n) is 4.21. The van der Waals surface area contributed by atoms with E-state index in [1.54, 1.807) is 24.3 Å². The van der Waals surface area contributed by atoms with E-state index < -0.39 is 10.0 Å². The molecule has 0 fully saturated rings. The van der Waals surface area contributed by atoms with Gasteiger partial charge in [-0.05, 0) is 24.6 Å². The highest BCUT2D eigenvalue weighted by Crippen LogP contribution is 2.38. The molecule has 0 saturated carbocycles. The number of aromatic nitrogens is 1. The second kappa shape index (κ2) is 7.58. The van der Waals surface area contributed by atoms with Gasteiger partial charge in [0.1, 0.15) is 5.01 Å². The monoisotopic (exact) mass is 406 g/mol. The number of hydrogen-bond acceptors (Lipinski definition) is 4. The molecular formula is C22H18N2O2S2. The molecule has 1 heterocycles. The van der Waals surface area contributed by atoms with Crippen LogP contribution < -0.4 is 4.72 Å². The third kappa shape index (κ3) is 3.83. The summed E-state index contributed by atoms with van der Waals surface area (Å²) in [6, 6.07) is 26.2. The first kappa shape index (κ1) is 18.4. The average molecular weight is 407 g/mol. The number of hydrogen-bond donors (Lipinski definition) is 1. The van der Waals surface area contributed by atoms with Gasteiger partial charge in [0, 0.05) is 11.3 Å². The summed E-state index contributed by atoms with van der Waals surface area (Å²) in [5, 5.41) is 0.718. The molecule has 4 aromatic rings. The van der Waals surface area contributed by atoms with Crippen LogP contribution in [0.4, 0.5) is 5.69 Å². The average Bonchev–Trinajstić information content (AvgIpc) is 3.16. The van der Waals surface area contributed by atoms with E-state index in [1.807, 2.05) is 67.6 Å². The van der Waals surface area contributed by atoms with Crippen LogP contribution in [0.25, 0.3) is 21.0 Å². The van der Waals surface area contributed by atoms with Crippen molar-refractivity contribution in [2.24, 2.45) is 0 Å². The van der Waals surface area contributed by atoms with Crippen molar-refractivity contribution in [1.29, 1.82) is 0 Å². The van der Waals surface area contributed by atoms with Crippen LogP contribution in [0.1, 0.15) is 5.56 Å². The molecule has 6 heteroatoms. The highest BCUT2D eigenvalue weighted by Gasteiger charge is 2.25. The topological polar surface area (TPSA) is 59.1 Å². The van der Waals surface area contributed by atoms with Crippen LogP contribution in [0.15, 0.2) is 90.0 Å². The van der Waals surface area contributed by atoms with E-state index in [-0.39, 0.29) is 5.03 Å². The first-order valence-corrected chi connectivity index (χ1v) is 11.0. The van der Waals surface area contributed by atoms with Gasteiger partial charge in [0.2, 0.25) is 0 Å². The lowest BCUT2D eigenvalue weighted by Gasteiger charge is -2.07. The van der Waals surface area contributed by atoms with Crippen LogP contribution in [0.3, 0.4) is 0 Å². The Hall–Kier alpha value is -2.96. The first-order valence-electron chi connectivity index (χ1n) is 8.74.